The zero-order valence-corrected chi connectivity index (χ0v) is 15.3. The van der Waals surface area contributed by atoms with Crippen LogP contribution in [-0.2, 0) is 0 Å². The molecule has 0 saturated carbocycles. The SMILES string of the molecule is N#Cc1ccc2c(/C=C/c3ccccc3)cc(/C=C/c3ccccc3)nc2c1. The second-order valence-corrected chi connectivity index (χ2v) is 6.47. The fraction of sp³-hybridized carbons (Fsp3) is 0. The first-order chi connectivity index (χ1) is 13.8. The van der Waals surface area contributed by atoms with Gasteiger partial charge in [-0.1, -0.05) is 85.0 Å². The molecule has 2 nitrogen and oxygen atoms in total. The summed E-state index contributed by atoms with van der Waals surface area (Å²) in [6, 6.07) is 30.3. The predicted molar refractivity (Wildman–Crippen MR) is 117 cm³/mol. The highest BCUT2D eigenvalue weighted by Crippen LogP contribution is 2.23. The Hall–Kier alpha value is -3.96. The van der Waals surface area contributed by atoms with Crippen molar-refractivity contribution in [1.29, 1.82) is 5.26 Å². The Kier molecular flexibility index (Phi) is 5.09. The summed E-state index contributed by atoms with van der Waals surface area (Å²) in [6.07, 6.45) is 8.25. The number of fused-ring (bicyclic) bond motifs is 1. The van der Waals surface area contributed by atoms with E-state index < -0.39 is 0 Å². The highest BCUT2D eigenvalue weighted by molar-refractivity contribution is 5.92. The van der Waals surface area contributed by atoms with E-state index in [4.69, 9.17) is 4.98 Å². The smallest absolute Gasteiger partial charge is 0.0992 e. The molecule has 0 bridgehead atoms. The van der Waals surface area contributed by atoms with E-state index in [2.05, 4.69) is 48.6 Å². The zero-order chi connectivity index (χ0) is 19.2. The Balaban J connectivity index is 1.79. The number of aromatic nitrogens is 1. The fourth-order valence-electron chi connectivity index (χ4n) is 3.07. The van der Waals surface area contributed by atoms with Crippen LogP contribution in [0.5, 0.6) is 0 Å². The second-order valence-electron chi connectivity index (χ2n) is 6.47. The molecule has 2 heteroatoms. The third-order valence-corrected chi connectivity index (χ3v) is 4.49. The summed E-state index contributed by atoms with van der Waals surface area (Å²) in [4.78, 5) is 4.74. The number of nitrogens with zero attached hydrogens (tertiary/aromatic N) is 2. The Morgan fingerprint density at radius 3 is 1.96 bits per heavy atom. The molecule has 0 atom stereocenters. The summed E-state index contributed by atoms with van der Waals surface area (Å²) in [7, 11) is 0. The van der Waals surface area contributed by atoms with Crippen molar-refractivity contribution in [1.82, 2.24) is 4.98 Å². The highest BCUT2D eigenvalue weighted by atomic mass is 14.7. The van der Waals surface area contributed by atoms with Crippen LogP contribution in [0.2, 0.25) is 0 Å². The second kappa shape index (κ2) is 8.16. The molecule has 4 rings (SSSR count). The lowest BCUT2D eigenvalue weighted by atomic mass is 10.0. The largest absolute Gasteiger partial charge is 0.248 e. The molecule has 0 amide bonds. The maximum atomic E-state index is 9.23. The molecule has 3 aromatic carbocycles. The van der Waals surface area contributed by atoms with Gasteiger partial charge in [0.15, 0.2) is 0 Å². The summed E-state index contributed by atoms with van der Waals surface area (Å²) in [6.45, 7) is 0. The monoisotopic (exact) mass is 358 g/mol. The van der Waals surface area contributed by atoms with Gasteiger partial charge >= 0.3 is 0 Å². The van der Waals surface area contributed by atoms with Gasteiger partial charge in [-0.15, -0.1) is 0 Å². The lowest BCUT2D eigenvalue weighted by Gasteiger charge is -2.05. The van der Waals surface area contributed by atoms with E-state index >= 15 is 0 Å². The molecule has 0 aliphatic carbocycles. The summed E-state index contributed by atoms with van der Waals surface area (Å²) >= 11 is 0. The molecule has 1 heterocycles. The lowest BCUT2D eigenvalue weighted by Crippen LogP contribution is -1.89. The van der Waals surface area contributed by atoms with E-state index in [0.29, 0.717) is 5.56 Å². The maximum absolute atomic E-state index is 9.23. The van der Waals surface area contributed by atoms with Gasteiger partial charge < -0.3 is 0 Å². The van der Waals surface area contributed by atoms with Crippen LogP contribution in [-0.4, -0.2) is 4.98 Å². The van der Waals surface area contributed by atoms with E-state index in [9.17, 15) is 5.26 Å². The molecule has 0 fully saturated rings. The fourth-order valence-corrected chi connectivity index (χ4v) is 3.07. The summed E-state index contributed by atoms with van der Waals surface area (Å²) in [5.41, 5.74) is 5.63. The number of rotatable bonds is 4. The molecule has 4 aromatic rings. The van der Waals surface area contributed by atoms with E-state index in [0.717, 1.165) is 33.3 Å². The van der Waals surface area contributed by atoms with E-state index in [1.807, 2.05) is 66.7 Å². The Bertz CT molecular complexity index is 1200. The van der Waals surface area contributed by atoms with Gasteiger partial charge in [-0.25, -0.2) is 4.98 Å². The minimum atomic E-state index is 0.613. The summed E-state index contributed by atoms with van der Waals surface area (Å²) in [5, 5.41) is 10.3. The topological polar surface area (TPSA) is 36.7 Å². The van der Waals surface area contributed by atoms with Gasteiger partial charge in [0.25, 0.3) is 0 Å². The predicted octanol–water partition coefficient (Wildman–Crippen LogP) is 6.45. The van der Waals surface area contributed by atoms with Crippen molar-refractivity contribution in [3.8, 4) is 6.07 Å². The summed E-state index contributed by atoms with van der Waals surface area (Å²) < 4.78 is 0. The molecule has 0 aliphatic heterocycles. The van der Waals surface area contributed by atoms with Gasteiger partial charge in [0.05, 0.1) is 22.8 Å². The van der Waals surface area contributed by atoms with Gasteiger partial charge in [-0.2, -0.15) is 5.26 Å². The van der Waals surface area contributed by atoms with Crippen molar-refractivity contribution < 1.29 is 0 Å². The van der Waals surface area contributed by atoms with Crippen LogP contribution in [0.4, 0.5) is 0 Å². The normalized spacial score (nSPS) is 11.2. The van der Waals surface area contributed by atoms with Crippen molar-refractivity contribution in [2.45, 2.75) is 0 Å². The molecular formula is C26H18N2. The van der Waals surface area contributed by atoms with Gasteiger partial charge in [0.1, 0.15) is 0 Å². The number of nitriles is 1. The number of benzene rings is 3. The van der Waals surface area contributed by atoms with Crippen molar-refractivity contribution >= 4 is 35.2 Å². The first-order valence-corrected chi connectivity index (χ1v) is 9.13. The van der Waals surface area contributed by atoms with Gasteiger partial charge in [-0.3, -0.25) is 0 Å². The van der Waals surface area contributed by atoms with Crippen molar-refractivity contribution in [3.05, 3.63) is 113 Å². The van der Waals surface area contributed by atoms with Crippen LogP contribution >= 0.6 is 0 Å². The average Bonchev–Trinajstić information content (AvgIpc) is 2.77. The molecule has 1 aromatic heterocycles. The molecule has 132 valence electrons. The molecule has 0 saturated heterocycles. The van der Waals surface area contributed by atoms with Crippen LogP contribution in [0.15, 0.2) is 84.9 Å². The Labute approximate surface area is 164 Å². The molecule has 0 spiro atoms. The van der Waals surface area contributed by atoms with Crippen LogP contribution in [0.1, 0.15) is 27.9 Å². The minimum Gasteiger partial charge on any atom is -0.248 e. The van der Waals surface area contributed by atoms with Crippen LogP contribution < -0.4 is 0 Å². The molecule has 0 N–H and O–H groups in total. The van der Waals surface area contributed by atoms with E-state index in [1.54, 1.807) is 0 Å². The van der Waals surface area contributed by atoms with E-state index in [-0.39, 0.29) is 0 Å². The highest BCUT2D eigenvalue weighted by Gasteiger charge is 2.04. The zero-order valence-electron chi connectivity index (χ0n) is 15.3. The van der Waals surface area contributed by atoms with Crippen LogP contribution in [0.25, 0.3) is 35.2 Å². The first-order valence-electron chi connectivity index (χ1n) is 9.13. The molecule has 0 radical (unpaired) electrons. The number of hydrogen-bond donors (Lipinski definition) is 0. The standard InChI is InChI=1S/C26H18N2/c27-19-22-13-16-25-23(14-11-20-7-3-1-4-8-20)18-24(28-26(25)17-22)15-12-21-9-5-2-6-10-21/h1-18H/b14-11+,15-12+. The van der Waals surface area contributed by atoms with Gasteiger partial charge in [0.2, 0.25) is 0 Å². The number of pyridine rings is 1. The Morgan fingerprint density at radius 2 is 1.32 bits per heavy atom. The van der Waals surface area contributed by atoms with E-state index in [1.165, 1.54) is 0 Å². The maximum Gasteiger partial charge on any atom is 0.0992 e. The van der Waals surface area contributed by atoms with Gasteiger partial charge in [0, 0.05) is 5.39 Å². The van der Waals surface area contributed by atoms with Crippen LogP contribution in [0, 0.1) is 11.3 Å². The molecule has 0 unspecified atom stereocenters. The third kappa shape index (κ3) is 4.06. The van der Waals surface area contributed by atoms with Gasteiger partial charge in [-0.05, 0) is 41.0 Å². The molecule has 0 aliphatic rings. The minimum absolute atomic E-state index is 0.613. The quantitative estimate of drug-likeness (QED) is 0.420. The summed E-state index contributed by atoms with van der Waals surface area (Å²) in [5.74, 6) is 0. The van der Waals surface area contributed by atoms with Crippen LogP contribution in [0.3, 0.4) is 0 Å². The first kappa shape index (κ1) is 17.5. The number of hydrogen-bond acceptors (Lipinski definition) is 2. The third-order valence-electron chi connectivity index (χ3n) is 4.49. The van der Waals surface area contributed by atoms with Crippen molar-refractivity contribution in [2.24, 2.45) is 0 Å². The van der Waals surface area contributed by atoms with Crippen molar-refractivity contribution in [3.63, 3.8) is 0 Å². The average molecular weight is 358 g/mol. The lowest BCUT2D eigenvalue weighted by molar-refractivity contribution is 1.36. The molecular weight excluding hydrogens is 340 g/mol. The Morgan fingerprint density at radius 1 is 0.679 bits per heavy atom. The van der Waals surface area contributed by atoms with Crippen molar-refractivity contribution in [2.75, 3.05) is 0 Å². The molecule has 28 heavy (non-hydrogen) atoms.